The average molecular weight is 410 g/mol. The Morgan fingerprint density at radius 2 is 1.44 bits per heavy atom. The van der Waals surface area contributed by atoms with Gasteiger partial charge in [-0.25, -0.2) is 0 Å². The predicted octanol–water partition coefficient (Wildman–Crippen LogP) is 3.01. The number of carbonyl (C=O) groups excluding carboxylic acids is 1. The van der Waals surface area contributed by atoms with Crippen LogP contribution < -0.4 is 5.32 Å². The van der Waals surface area contributed by atoms with E-state index in [4.69, 9.17) is 0 Å². The Bertz CT molecular complexity index is 649. The molecule has 0 spiro atoms. The highest BCUT2D eigenvalue weighted by atomic mass is 35.5. The molecule has 0 radical (unpaired) electrons. The third-order valence-corrected chi connectivity index (χ3v) is 4.65. The van der Waals surface area contributed by atoms with Gasteiger partial charge in [-0.3, -0.25) is 9.69 Å². The fraction of sp³-hybridized carbons (Fsp3) is 0.381. The van der Waals surface area contributed by atoms with Crippen molar-refractivity contribution in [2.45, 2.75) is 13.0 Å². The van der Waals surface area contributed by atoms with Gasteiger partial charge in [0.1, 0.15) is 0 Å². The van der Waals surface area contributed by atoms with E-state index in [1.807, 2.05) is 29.2 Å². The Morgan fingerprint density at radius 1 is 0.889 bits per heavy atom. The lowest BCUT2D eigenvalue weighted by Gasteiger charge is -2.30. The van der Waals surface area contributed by atoms with Crippen LogP contribution in [0.4, 0.5) is 0 Å². The van der Waals surface area contributed by atoms with E-state index in [2.05, 4.69) is 46.6 Å². The van der Waals surface area contributed by atoms with Crippen molar-refractivity contribution in [1.29, 1.82) is 0 Å². The minimum Gasteiger partial charge on any atom is -0.337 e. The van der Waals surface area contributed by atoms with Crippen molar-refractivity contribution in [2.75, 3.05) is 39.3 Å². The number of amides is 1. The number of halogens is 2. The molecule has 27 heavy (non-hydrogen) atoms. The number of piperazine rings is 1. The van der Waals surface area contributed by atoms with Crippen molar-refractivity contribution < 1.29 is 4.79 Å². The Balaban J connectivity index is 0.00000182. The van der Waals surface area contributed by atoms with Gasteiger partial charge < -0.3 is 10.2 Å². The summed E-state index contributed by atoms with van der Waals surface area (Å²) in [6.45, 7) is 5.78. The van der Waals surface area contributed by atoms with E-state index in [1.165, 1.54) is 11.1 Å². The van der Waals surface area contributed by atoms with Crippen LogP contribution in [0.2, 0.25) is 0 Å². The maximum absolute atomic E-state index is 12.9. The molecule has 6 heteroatoms. The minimum absolute atomic E-state index is 0. The molecule has 1 N–H and O–H groups in total. The molecule has 2 aromatic carbocycles. The molecule has 4 nitrogen and oxygen atoms in total. The average Bonchev–Trinajstić information content (AvgIpc) is 2.67. The van der Waals surface area contributed by atoms with Gasteiger partial charge in [0.2, 0.25) is 5.91 Å². The first kappa shape index (κ1) is 23.4. The second-order valence-electron chi connectivity index (χ2n) is 6.56. The van der Waals surface area contributed by atoms with Crippen LogP contribution >= 0.6 is 24.8 Å². The van der Waals surface area contributed by atoms with Crippen LogP contribution in [0.5, 0.6) is 0 Å². The van der Waals surface area contributed by atoms with Crippen LogP contribution in [0, 0.1) is 0 Å². The molecule has 1 amide bonds. The lowest BCUT2D eigenvalue weighted by atomic mass is 10.1. The van der Waals surface area contributed by atoms with Gasteiger partial charge in [-0.2, -0.15) is 0 Å². The van der Waals surface area contributed by atoms with Crippen LogP contribution in [-0.4, -0.2) is 55.0 Å². The molecule has 0 aliphatic carbocycles. The fourth-order valence-electron chi connectivity index (χ4n) is 3.17. The lowest BCUT2D eigenvalue weighted by Crippen LogP contribution is -2.48. The molecular formula is C21H29Cl2N3O. The molecule has 2 aromatic rings. The zero-order chi connectivity index (χ0) is 17.3. The molecule has 0 bridgehead atoms. The summed E-state index contributed by atoms with van der Waals surface area (Å²) in [7, 11) is 0. The van der Waals surface area contributed by atoms with E-state index in [0.29, 0.717) is 13.1 Å². The van der Waals surface area contributed by atoms with Crippen molar-refractivity contribution in [2.24, 2.45) is 0 Å². The van der Waals surface area contributed by atoms with Crippen LogP contribution in [0.1, 0.15) is 11.1 Å². The summed E-state index contributed by atoms with van der Waals surface area (Å²) in [5.74, 6) is 0.224. The smallest absolute Gasteiger partial charge is 0.237 e. The van der Waals surface area contributed by atoms with Crippen LogP contribution in [0.25, 0.3) is 0 Å². The quantitative estimate of drug-likeness (QED) is 0.763. The van der Waals surface area contributed by atoms with Gasteiger partial charge in [0, 0.05) is 39.3 Å². The lowest BCUT2D eigenvalue weighted by molar-refractivity contribution is -0.133. The highest BCUT2D eigenvalue weighted by molar-refractivity contribution is 5.85. The van der Waals surface area contributed by atoms with E-state index in [0.717, 1.165) is 39.1 Å². The van der Waals surface area contributed by atoms with E-state index in [-0.39, 0.29) is 30.7 Å². The van der Waals surface area contributed by atoms with Crippen molar-refractivity contribution in [3.8, 4) is 0 Å². The monoisotopic (exact) mass is 409 g/mol. The number of nitrogens with zero attached hydrogens (tertiary/aromatic N) is 2. The molecular weight excluding hydrogens is 381 g/mol. The summed E-state index contributed by atoms with van der Waals surface area (Å²) in [5.41, 5.74) is 2.46. The molecule has 1 aliphatic rings. The predicted molar refractivity (Wildman–Crippen MR) is 116 cm³/mol. The first-order valence-electron chi connectivity index (χ1n) is 9.10. The Labute approximate surface area is 174 Å². The van der Waals surface area contributed by atoms with Crippen molar-refractivity contribution in [3.05, 3.63) is 71.8 Å². The Kier molecular flexibility index (Phi) is 11.1. The minimum atomic E-state index is 0. The topological polar surface area (TPSA) is 35.6 Å². The van der Waals surface area contributed by atoms with Gasteiger partial charge in [0.15, 0.2) is 0 Å². The number of benzene rings is 2. The number of hydrogen-bond acceptors (Lipinski definition) is 3. The molecule has 148 valence electrons. The number of nitrogens with one attached hydrogen (secondary N) is 1. The van der Waals surface area contributed by atoms with Crippen LogP contribution in [0.3, 0.4) is 0 Å². The molecule has 1 heterocycles. The molecule has 0 atom stereocenters. The summed E-state index contributed by atoms with van der Waals surface area (Å²) < 4.78 is 0. The second kappa shape index (κ2) is 12.7. The molecule has 0 saturated carbocycles. The summed E-state index contributed by atoms with van der Waals surface area (Å²) >= 11 is 0. The van der Waals surface area contributed by atoms with E-state index >= 15 is 0 Å². The van der Waals surface area contributed by atoms with Crippen LogP contribution in [-0.2, 0) is 17.8 Å². The zero-order valence-electron chi connectivity index (χ0n) is 15.5. The molecule has 1 saturated heterocycles. The van der Waals surface area contributed by atoms with E-state index < -0.39 is 0 Å². The first-order chi connectivity index (χ1) is 12.3. The highest BCUT2D eigenvalue weighted by Gasteiger charge is 2.19. The molecule has 0 unspecified atom stereocenters. The molecule has 1 aliphatic heterocycles. The van der Waals surface area contributed by atoms with Crippen LogP contribution in [0.15, 0.2) is 60.7 Å². The standard InChI is InChI=1S/C21H27N3O.2ClH/c25-21(18-23-15-12-22-13-16-23)24(17-20-9-5-2-6-10-20)14-11-19-7-3-1-4-8-19;;/h1-10,22H,11-18H2;2*1H. The maximum atomic E-state index is 12.9. The largest absolute Gasteiger partial charge is 0.337 e. The Hall–Kier alpha value is -1.59. The van der Waals surface area contributed by atoms with Gasteiger partial charge in [-0.05, 0) is 17.5 Å². The number of hydrogen-bond donors (Lipinski definition) is 1. The summed E-state index contributed by atoms with van der Waals surface area (Å²) in [4.78, 5) is 17.2. The Morgan fingerprint density at radius 3 is 2.04 bits per heavy atom. The van der Waals surface area contributed by atoms with Gasteiger partial charge in [-0.15, -0.1) is 24.8 Å². The van der Waals surface area contributed by atoms with Crippen molar-refractivity contribution in [1.82, 2.24) is 15.1 Å². The zero-order valence-corrected chi connectivity index (χ0v) is 17.2. The highest BCUT2D eigenvalue weighted by Crippen LogP contribution is 2.09. The van der Waals surface area contributed by atoms with Gasteiger partial charge in [0.25, 0.3) is 0 Å². The number of rotatable bonds is 7. The van der Waals surface area contributed by atoms with E-state index in [1.54, 1.807) is 0 Å². The molecule has 1 fully saturated rings. The van der Waals surface area contributed by atoms with Crippen molar-refractivity contribution >= 4 is 30.7 Å². The maximum Gasteiger partial charge on any atom is 0.237 e. The summed E-state index contributed by atoms with van der Waals surface area (Å²) in [5, 5.41) is 3.34. The summed E-state index contributed by atoms with van der Waals surface area (Å²) in [6.07, 6.45) is 0.890. The summed E-state index contributed by atoms with van der Waals surface area (Å²) in [6, 6.07) is 20.7. The normalized spacial score (nSPS) is 13.9. The van der Waals surface area contributed by atoms with Crippen molar-refractivity contribution in [3.63, 3.8) is 0 Å². The van der Waals surface area contributed by atoms with Gasteiger partial charge >= 0.3 is 0 Å². The first-order valence-corrected chi connectivity index (χ1v) is 9.10. The van der Waals surface area contributed by atoms with E-state index in [9.17, 15) is 4.79 Å². The molecule has 0 aromatic heterocycles. The number of carbonyl (C=O) groups is 1. The van der Waals surface area contributed by atoms with Gasteiger partial charge in [0.05, 0.1) is 6.54 Å². The second-order valence-corrected chi connectivity index (χ2v) is 6.56. The third-order valence-electron chi connectivity index (χ3n) is 4.65. The fourth-order valence-corrected chi connectivity index (χ4v) is 3.17. The molecule has 3 rings (SSSR count). The third kappa shape index (κ3) is 7.89. The SMILES string of the molecule is Cl.Cl.O=C(CN1CCNCC1)N(CCc1ccccc1)Cc1ccccc1. The van der Waals surface area contributed by atoms with Gasteiger partial charge in [-0.1, -0.05) is 60.7 Å².